The number of rotatable bonds is 4. The Morgan fingerprint density at radius 3 is 2.22 bits per heavy atom. The number of nitrogens with two attached hydrogens (primary N) is 1. The van der Waals surface area contributed by atoms with Crippen LogP contribution < -0.4 is 11.1 Å². The van der Waals surface area contributed by atoms with E-state index in [9.17, 15) is 4.79 Å². The van der Waals surface area contributed by atoms with Gasteiger partial charge in [-0.05, 0) is 54.9 Å². The molecule has 120 valence electrons. The van der Waals surface area contributed by atoms with Crippen molar-refractivity contribution in [3.8, 4) is 0 Å². The number of hydrogen-bond donors (Lipinski definition) is 2. The summed E-state index contributed by atoms with van der Waals surface area (Å²) < 4.78 is 0. The Kier molecular flexibility index (Phi) is 5.09. The molecule has 3 nitrogen and oxygen atoms in total. The molecule has 0 bridgehead atoms. The van der Waals surface area contributed by atoms with E-state index >= 15 is 0 Å². The first-order valence-electron chi connectivity index (χ1n) is 8.41. The van der Waals surface area contributed by atoms with Crippen LogP contribution in [0.15, 0.2) is 54.6 Å². The lowest BCUT2D eigenvalue weighted by molar-refractivity contribution is 0.0926. The van der Waals surface area contributed by atoms with E-state index in [4.69, 9.17) is 5.73 Å². The van der Waals surface area contributed by atoms with Crippen molar-refractivity contribution in [1.29, 1.82) is 0 Å². The maximum absolute atomic E-state index is 12.3. The quantitative estimate of drug-likeness (QED) is 0.906. The SMILES string of the molecule is NCc1ccc(C(=O)NC2CCC(c3ccccc3)CC2)cc1. The van der Waals surface area contributed by atoms with E-state index in [1.165, 1.54) is 5.56 Å². The summed E-state index contributed by atoms with van der Waals surface area (Å²) >= 11 is 0. The van der Waals surface area contributed by atoms with Gasteiger partial charge in [0.15, 0.2) is 0 Å². The molecular weight excluding hydrogens is 284 g/mol. The first-order chi connectivity index (χ1) is 11.3. The predicted octanol–water partition coefficient (Wildman–Crippen LogP) is 3.60. The number of nitrogens with one attached hydrogen (secondary N) is 1. The predicted molar refractivity (Wildman–Crippen MR) is 93.2 cm³/mol. The molecule has 1 aliphatic carbocycles. The molecule has 0 atom stereocenters. The molecule has 0 aliphatic heterocycles. The molecule has 0 heterocycles. The highest BCUT2D eigenvalue weighted by atomic mass is 16.1. The van der Waals surface area contributed by atoms with Crippen molar-refractivity contribution in [2.75, 3.05) is 0 Å². The molecule has 1 amide bonds. The Labute approximate surface area is 137 Å². The summed E-state index contributed by atoms with van der Waals surface area (Å²) in [5.41, 5.74) is 8.77. The molecule has 2 aromatic carbocycles. The minimum atomic E-state index is 0.0248. The molecule has 3 N–H and O–H groups in total. The van der Waals surface area contributed by atoms with Crippen LogP contribution in [0.1, 0.15) is 53.1 Å². The molecule has 0 unspecified atom stereocenters. The molecule has 0 saturated heterocycles. The van der Waals surface area contributed by atoms with Crippen LogP contribution in [0.25, 0.3) is 0 Å². The molecule has 3 rings (SSSR count). The average molecular weight is 308 g/mol. The van der Waals surface area contributed by atoms with Crippen molar-refractivity contribution >= 4 is 5.91 Å². The summed E-state index contributed by atoms with van der Waals surface area (Å²) in [6.07, 6.45) is 4.38. The van der Waals surface area contributed by atoms with E-state index in [1.54, 1.807) is 0 Å². The number of carbonyl (C=O) groups is 1. The molecule has 0 radical (unpaired) electrons. The van der Waals surface area contributed by atoms with Gasteiger partial charge in [-0.1, -0.05) is 42.5 Å². The van der Waals surface area contributed by atoms with Gasteiger partial charge in [0.25, 0.3) is 5.91 Å². The normalized spacial score (nSPS) is 20.9. The summed E-state index contributed by atoms with van der Waals surface area (Å²) in [7, 11) is 0. The van der Waals surface area contributed by atoms with Crippen LogP contribution in [0.2, 0.25) is 0 Å². The molecule has 23 heavy (non-hydrogen) atoms. The van der Waals surface area contributed by atoms with Gasteiger partial charge in [-0.3, -0.25) is 4.79 Å². The van der Waals surface area contributed by atoms with Gasteiger partial charge >= 0.3 is 0 Å². The second-order valence-corrected chi connectivity index (χ2v) is 6.33. The summed E-state index contributed by atoms with van der Waals surface area (Å²) in [5.74, 6) is 0.657. The topological polar surface area (TPSA) is 55.1 Å². The second kappa shape index (κ2) is 7.42. The van der Waals surface area contributed by atoms with E-state index < -0.39 is 0 Å². The third-order valence-corrected chi connectivity index (χ3v) is 4.79. The summed E-state index contributed by atoms with van der Waals surface area (Å²) in [6, 6.07) is 18.5. The summed E-state index contributed by atoms with van der Waals surface area (Å²) in [6.45, 7) is 0.505. The first kappa shape index (κ1) is 15.8. The monoisotopic (exact) mass is 308 g/mol. The van der Waals surface area contributed by atoms with Crippen molar-refractivity contribution in [2.24, 2.45) is 5.73 Å². The van der Waals surface area contributed by atoms with E-state index in [1.807, 2.05) is 24.3 Å². The molecular formula is C20H24N2O. The van der Waals surface area contributed by atoms with Gasteiger partial charge in [-0.2, -0.15) is 0 Å². The minimum absolute atomic E-state index is 0.0248. The molecule has 1 saturated carbocycles. The fraction of sp³-hybridized carbons (Fsp3) is 0.350. The summed E-state index contributed by atoms with van der Waals surface area (Å²) in [5, 5.41) is 3.17. The average Bonchev–Trinajstić information content (AvgIpc) is 2.63. The van der Waals surface area contributed by atoms with Crippen molar-refractivity contribution in [3.63, 3.8) is 0 Å². The first-order valence-corrected chi connectivity index (χ1v) is 8.41. The van der Waals surface area contributed by atoms with E-state index in [0.29, 0.717) is 18.0 Å². The Morgan fingerprint density at radius 1 is 0.957 bits per heavy atom. The van der Waals surface area contributed by atoms with Crippen LogP contribution >= 0.6 is 0 Å². The smallest absolute Gasteiger partial charge is 0.251 e. The number of amides is 1. The zero-order valence-electron chi connectivity index (χ0n) is 13.4. The highest BCUT2D eigenvalue weighted by Crippen LogP contribution is 2.32. The minimum Gasteiger partial charge on any atom is -0.349 e. The van der Waals surface area contributed by atoms with Gasteiger partial charge in [0.1, 0.15) is 0 Å². The van der Waals surface area contributed by atoms with Gasteiger partial charge in [0, 0.05) is 18.2 Å². The number of hydrogen-bond acceptors (Lipinski definition) is 2. The van der Waals surface area contributed by atoms with Crippen molar-refractivity contribution in [1.82, 2.24) is 5.32 Å². The Morgan fingerprint density at radius 2 is 1.61 bits per heavy atom. The lowest BCUT2D eigenvalue weighted by Crippen LogP contribution is -2.37. The van der Waals surface area contributed by atoms with E-state index in [2.05, 4.69) is 35.6 Å². The second-order valence-electron chi connectivity index (χ2n) is 6.33. The number of benzene rings is 2. The van der Waals surface area contributed by atoms with Crippen molar-refractivity contribution in [2.45, 2.75) is 44.2 Å². The maximum Gasteiger partial charge on any atom is 0.251 e. The third kappa shape index (κ3) is 3.99. The van der Waals surface area contributed by atoms with Crippen LogP contribution in [0.3, 0.4) is 0 Å². The van der Waals surface area contributed by atoms with Gasteiger partial charge in [-0.25, -0.2) is 0 Å². The van der Waals surface area contributed by atoms with Crippen molar-refractivity contribution < 1.29 is 4.79 Å². The molecule has 2 aromatic rings. The van der Waals surface area contributed by atoms with Crippen LogP contribution in [-0.2, 0) is 6.54 Å². The van der Waals surface area contributed by atoms with Gasteiger partial charge in [0.05, 0.1) is 0 Å². The largest absolute Gasteiger partial charge is 0.349 e. The van der Waals surface area contributed by atoms with Gasteiger partial charge in [-0.15, -0.1) is 0 Å². The maximum atomic E-state index is 12.3. The zero-order valence-corrected chi connectivity index (χ0v) is 13.4. The lowest BCUT2D eigenvalue weighted by atomic mass is 9.82. The van der Waals surface area contributed by atoms with Crippen molar-refractivity contribution in [3.05, 3.63) is 71.3 Å². The lowest BCUT2D eigenvalue weighted by Gasteiger charge is -2.29. The van der Waals surface area contributed by atoms with Crippen LogP contribution in [0, 0.1) is 0 Å². The van der Waals surface area contributed by atoms with Gasteiger partial charge in [0.2, 0.25) is 0 Å². The van der Waals surface area contributed by atoms with E-state index in [0.717, 1.165) is 31.2 Å². The van der Waals surface area contributed by atoms with Gasteiger partial charge < -0.3 is 11.1 Å². The highest BCUT2D eigenvalue weighted by Gasteiger charge is 2.23. The molecule has 3 heteroatoms. The fourth-order valence-electron chi connectivity index (χ4n) is 3.36. The summed E-state index contributed by atoms with van der Waals surface area (Å²) in [4.78, 5) is 12.3. The molecule has 0 spiro atoms. The van der Waals surface area contributed by atoms with Crippen LogP contribution in [-0.4, -0.2) is 11.9 Å². The third-order valence-electron chi connectivity index (χ3n) is 4.79. The Bertz CT molecular complexity index is 628. The highest BCUT2D eigenvalue weighted by molar-refractivity contribution is 5.94. The number of carbonyl (C=O) groups excluding carboxylic acids is 1. The molecule has 1 fully saturated rings. The van der Waals surface area contributed by atoms with Crippen LogP contribution in [0.5, 0.6) is 0 Å². The molecule has 1 aliphatic rings. The molecule has 0 aromatic heterocycles. The van der Waals surface area contributed by atoms with E-state index in [-0.39, 0.29) is 11.9 Å². The standard InChI is InChI=1S/C20H24N2O/c21-14-15-6-8-18(9-7-15)20(23)22-19-12-10-17(11-13-19)16-4-2-1-3-5-16/h1-9,17,19H,10-14,21H2,(H,22,23). The fourth-order valence-corrected chi connectivity index (χ4v) is 3.36. The zero-order chi connectivity index (χ0) is 16.1. The Balaban J connectivity index is 1.53. The van der Waals surface area contributed by atoms with Crippen LogP contribution in [0.4, 0.5) is 0 Å². The Hall–Kier alpha value is -2.13.